The fraction of sp³-hybridized carbons (Fsp3) is 0.107. The Balaban J connectivity index is 1.69. The summed E-state index contributed by atoms with van der Waals surface area (Å²) < 4.78 is 7.30. The van der Waals surface area contributed by atoms with Crippen LogP contribution in [0.4, 0.5) is 5.69 Å². The summed E-state index contributed by atoms with van der Waals surface area (Å²) in [5.41, 5.74) is 2.66. The third-order valence-electron chi connectivity index (χ3n) is 6.00. The van der Waals surface area contributed by atoms with Gasteiger partial charge in [0.1, 0.15) is 5.75 Å². The minimum Gasteiger partial charge on any atom is -0.497 e. The molecule has 0 radical (unpaired) electrons. The molecule has 0 spiro atoms. The van der Waals surface area contributed by atoms with Crippen molar-refractivity contribution in [1.29, 1.82) is 0 Å². The molecule has 4 aromatic rings. The Bertz CT molecular complexity index is 1710. The summed E-state index contributed by atoms with van der Waals surface area (Å²) in [4.78, 5) is 32.5. The van der Waals surface area contributed by atoms with E-state index in [0.29, 0.717) is 47.6 Å². The first-order valence-corrected chi connectivity index (χ1v) is 12.9. The van der Waals surface area contributed by atoms with Gasteiger partial charge in [0.25, 0.3) is 11.5 Å². The van der Waals surface area contributed by atoms with Gasteiger partial charge in [0.05, 0.1) is 39.0 Å². The van der Waals surface area contributed by atoms with Gasteiger partial charge in [0.15, 0.2) is 4.80 Å². The Morgan fingerprint density at radius 3 is 2.49 bits per heavy atom. The van der Waals surface area contributed by atoms with Gasteiger partial charge in [-0.25, -0.2) is 4.99 Å². The topological polar surface area (TPSA) is 72.7 Å². The molecule has 0 fully saturated rings. The second-order valence-corrected chi connectivity index (χ2v) is 10.1. The van der Waals surface area contributed by atoms with Crippen molar-refractivity contribution in [2.24, 2.45) is 4.99 Å². The van der Waals surface area contributed by atoms with Gasteiger partial charge in [0.2, 0.25) is 0 Å². The van der Waals surface area contributed by atoms with Gasteiger partial charge >= 0.3 is 0 Å². The van der Waals surface area contributed by atoms with Crippen LogP contribution in [0.15, 0.2) is 93.9 Å². The Morgan fingerprint density at radius 2 is 1.78 bits per heavy atom. The molecule has 6 nitrogen and oxygen atoms in total. The lowest BCUT2D eigenvalue weighted by Crippen LogP contribution is -2.40. The molecule has 186 valence electrons. The monoisotopic (exact) mass is 549 g/mol. The summed E-state index contributed by atoms with van der Waals surface area (Å²) >= 11 is 13.8. The van der Waals surface area contributed by atoms with Crippen LogP contribution in [0.2, 0.25) is 10.0 Å². The predicted octanol–water partition coefficient (Wildman–Crippen LogP) is 5.19. The Kier molecular flexibility index (Phi) is 7.02. The number of carbonyl (C=O) groups excluding carboxylic acids is 1. The lowest BCUT2D eigenvalue weighted by Gasteiger charge is -2.25. The molecule has 1 aliphatic heterocycles. The lowest BCUT2D eigenvalue weighted by molar-refractivity contribution is -0.113. The molecule has 0 bridgehead atoms. The summed E-state index contributed by atoms with van der Waals surface area (Å²) in [5.74, 6) is 0.336. The minimum absolute atomic E-state index is 0.280. The zero-order valence-electron chi connectivity index (χ0n) is 19.9. The van der Waals surface area contributed by atoms with Crippen LogP contribution >= 0.6 is 34.5 Å². The molecular formula is C28H21Cl2N3O3S. The van der Waals surface area contributed by atoms with Crippen LogP contribution < -0.4 is 24.9 Å². The molecule has 5 rings (SSSR count). The molecule has 0 saturated heterocycles. The SMILES string of the molecule is COc1ccc([C@H]2C(C(=O)Nc3ccccc3)=C(C)N=c3s/c(=C/c4cccc(Cl)c4Cl)c(=O)n32)cc1. The van der Waals surface area contributed by atoms with Gasteiger partial charge in [-0.1, -0.05) is 77.0 Å². The standard InChI is InChI=1S/C28H21Cl2N3O3S/c1-16-23(26(34)32-19-8-4-3-5-9-19)25(17-11-13-20(36-2)14-12-17)33-27(35)22(37-28(33)31-16)15-18-7-6-10-21(29)24(18)30/h3-15,25H,1-2H3,(H,32,34)/b22-15+/t25-/m0/s1. The first-order valence-electron chi connectivity index (χ1n) is 11.3. The summed E-state index contributed by atoms with van der Waals surface area (Å²) in [5, 5.41) is 3.70. The zero-order valence-corrected chi connectivity index (χ0v) is 22.2. The second kappa shape index (κ2) is 10.4. The molecule has 1 N–H and O–H groups in total. The molecule has 0 unspecified atom stereocenters. The highest BCUT2D eigenvalue weighted by atomic mass is 35.5. The van der Waals surface area contributed by atoms with Gasteiger partial charge < -0.3 is 10.1 Å². The number of ether oxygens (including phenoxy) is 1. The maximum absolute atomic E-state index is 13.8. The van der Waals surface area contributed by atoms with Crippen molar-refractivity contribution in [3.63, 3.8) is 0 Å². The number of hydrogen-bond donors (Lipinski definition) is 1. The average Bonchev–Trinajstić information content (AvgIpc) is 3.20. The molecule has 0 saturated carbocycles. The van der Waals surface area contributed by atoms with E-state index in [-0.39, 0.29) is 11.5 Å². The van der Waals surface area contributed by atoms with Crippen molar-refractivity contribution in [2.75, 3.05) is 12.4 Å². The molecular weight excluding hydrogens is 529 g/mol. The molecule has 1 atom stereocenters. The van der Waals surface area contributed by atoms with Crippen molar-refractivity contribution in [1.82, 2.24) is 4.57 Å². The number of thiazole rings is 1. The van der Waals surface area contributed by atoms with E-state index in [1.807, 2.05) is 30.3 Å². The fourth-order valence-corrected chi connectivity index (χ4v) is 5.61. The van der Waals surface area contributed by atoms with Gasteiger partial charge in [-0.05, 0) is 54.5 Å². The largest absolute Gasteiger partial charge is 0.497 e. The van der Waals surface area contributed by atoms with Gasteiger partial charge in [-0.15, -0.1) is 0 Å². The molecule has 37 heavy (non-hydrogen) atoms. The third kappa shape index (κ3) is 4.85. The number of nitrogens with zero attached hydrogens (tertiary/aromatic N) is 2. The van der Waals surface area contributed by atoms with E-state index in [0.717, 1.165) is 5.56 Å². The summed E-state index contributed by atoms with van der Waals surface area (Å²) in [6.07, 6.45) is 1.70. The lowest BCUT2D eigenvalue weighted by atomic mass is 9.95. The van der Waals surface area contributed by atoms with Crippen LogP contribution in [0.5, 0.6) is 5.75 Å². The first-order chi connectivity index (χ1) is 17.9. The van der Waals surface area contributed by atoms with Crippen molar-refractivity contribution < 1.29 is 9.53 Å². The number of para-hydroxylation sites is 1. The maximum Gasteiger partial charge on any atom is 0.271 e. The quantitative estimate of drug-likeness (QED) is 0.372. The second-order valence-electron chi connectivity index (χ2n) is 8.32. The number of carbonyl (C=O) groups is 1. The highest BCUT2D eigenvalue weighted by molar-refractivity contribution is 7.07. The summed E-state index contributed by atoms with van der Waals surface area (Å²) in [7, 11) is 1.59. The van der Waals surface area contributed by atoms with Crippen molar-refractivity contribution in [2.45, 2.75) is 13.0 Å². The molecule has 1 aromatic heterocycles. The van der Waals surface area contributed by atoms with Gasteiger partial charge in [-0.3, -0.25) is 14.2 Å². The Hall–Kier alpha value is -3.65. The summed E-state index contributed by atoms with van der Waals surface area (Å²) in [6, 6.07) is 21.0. The van der Waals surface area contributed by atoms with E-state index < -0.39 is 6.04 Å². The number of methoxy groups -OCH3 is 1. The number of anilines is 1. The minimum atomic E-state index is -0.692. The van der Waals surface area contributed by atoms with E-state index >= 15 is 0 Å². The number of aromatic nitrogens is 1. The van der Waals surface area contributed by atoms with E-state index in [1.54, 1.807) is 67.1 Å². The van der Waals surface area contributed by atoms with Crippen LogP contribution in [-0.2, 0) is 4.79 Å². The number of hydrogen-bond acceptors (Lipinski definition) is 5. The highest BCUT2D eigenvalue weighted by Gasteiger charge is 2.32. The molecule has 9 heteroatoms. The Labute approximate surface area is 226 Å². The zero-order chi connectivity index (χ0) is 26.1. The molecule has 2 heterocycles. The van der Waals surface area contributed by atoms with Crippen LogP contribution in [0.3, 0.4) is 0 Å². The number of halogens is 2. The highest BCUT2D eigenvalue weighted by Crippen LogP contribution is 2.32. The predicted molar refractivity (Wildman–Crippen MR) is 148 cm³/mol. The van der Waals surface area contributed by atoms with E-state index in [2.05, 4.69) is 10.3 Å². The van der Waals surface area contributed by atoms with E-state index in [4.69, 9.17) is 27.9 Å². The number of amides is 1. The van der Waals surface area contributed by atoms with Crippen LogP contribution in [0.1, 0.15) is 24.1 Å². The number of rotatable bonds is 5. The fourth-order valence-electron chi connectivity index (χ4n) is 4.21. The van der Waals surface area contributed by atoms with Gasteiger partial charge in [-0.2, -0.15) is 0 Å². The normalized spacial score (nSPS) is 15.2. The first kappa shape index (κ1) is 25.0. The average molecular weight is 550 g/mol. The van der Waals surface area contributed by atoms with Crippen LogP contribution in [0, 0.1) is 0 Å². The molecule has 1 aliphatic rings. The van der Waals surface area contributed by atoms with Crippen LogP contribution in [0.25, 0.3) is 6.08 Å². The number of benzene rings is 3. The number of allylic oxidation sites excluding steroid dienone is 1. The van der Waals surface area contributed by atoms with E-state index in [9.17, 15) is 9.59 Å². The number of nitrogens with one attached hydrogen (secondary N) is 1. The van der Waals surface area contributed by atoms with Gasteiger partial charge in [0, 0.05) is 5.69 Å². The van der Waals surface area contributed by atoms with Crippen molar-refractivity contribution in [3.05, 3.63) is 125 Å². The molecule has 3 aromatic carbocycles. The van der Waals surface area contributed by atoms with E-state index in [1.165, 1.54) is 11.3 Å². The molecule has 1 amide bonds. The smallest absolute Gasteiger partial charge is 0.271 e. The third-order valence-corrected chi connectivity index (χ3v) is 7.81. The van der Waals surface area contributed by atoms with Crippen molar-refractivity contribution >= 4 is 52.2 Å². The van der Waals surface area contributed by atoms with Crippen LogP contribution in [-0.4, -0.2) is 17.6 Å². The molecule has 0 aliphatic carbocycles. The van der Waals surface area contributed by atoms with Crippen molar-refractivity contribution in [3.8, 4) is 5.75 Å². The maximum atomic E-state index is 13.8. The Morgan fingerprint density at radius 1 is 1.05 bits per heavy atom. The summed E-state index contributed by atoms with van der Waals surface area (Å²) in [6.45, 7) is 1.78. The number of fused-ring (bicyclic) bond motifs is 1.